The molecule has 5 aromatic carbocycles. The summed E-state index contributed by atoms with van der Waals surface area (Å²) in [6, 6.07) is -12.5. The van der Waals surface area contributed by atoms with Crippen molar-refractivity contribution in [1.29, 1.82) is 0 Å². The number of rotatable bonds is 3. The summed E-state index contributed by atoms with van der Waals surface area (Å²) in [7, 11) is 0. The van der Waals surface area contributed by atoms with E-state index in [1.165, 1.54) is 0 Å². The minimum absolute atomic E-state index is 0.0389. The zero-order valence-electron chi connectivity index (χ0n) is 32.6. The molecule has 0 heteroatoms. The molecular formula is C29H24. The summed E-state index contributed by atoms with van der Waals surface area (Å²) in [5.41, 5.74) is -2.13. The highest BCUT2D eigenvalue weighted by atomic mass is 14.2. The smallest absolute Gasteiger partial charge is 0.0622 e. The van der Waals surface area contributed by atoms with Crippen LogP contribution < -0.4 is 0 Å². The average Bonchev–Trinajstić information content (AvgIpc) is 3.01. The minimum Gasteiger partial charge on any atom is -0.0622 e. The van der Waals surface area contributed by atoms with E-state index >= 15 is 0 Å². The highest BCUT2D eigenvalue weighted by Crippen LogP contribution is 2.44. The van der Waals surface area contributed by atoms with Crippen molar-refractivity contribution in [2.45, 2.75) is 19.8 Å². The zero-order valence-corrected chi connectivity index (χ0v) is 15.6. The molecule has 140 valence electrons. The quantitative estimate of drug-likeness (QED) is 0.271. The van der Waals surface area contributed by atoms with Crippen molar-refractivity contribution in [3.8, 4) is 22.3 Å². The second-order valence-electron chi connectivity index (χ2n) is 6.69. The van der Waals surface area contributed by atoms with E-state index in [4.69, 9.17) is 23.3 Å². The Balaban J connectivity index is 2.37. The Bertz CT molecular complexity index is 2140. The molecule has 0 aliphatic heterocycles. The number of hydrogen-bond donors (Lipinski definition) is 0. The van der Waals surface area contributed by atoms with E-state index < -0.39 is 152 Å². The van der Waals surface area contributed by atoms with Gasteiger partial charge in [-0.3, -0.25) is 0 Å². The first-order valence-corrected chi connectivity index (χ1v) is 8.94. The summed E-state index contributed by atoms with van der Waals surface area (Å²) < 4.78 is 147. The zero-order chi connectivity index (χ0) is 34.6. The van der Waals surface area contributed by atoms with Gasteiger partial charge < -0.3 is 0 Å². The van der Waals surface area contributed by atoms with Gasteiger partial charge in [0.1, 0.15) is 0 Å². The third kappa shape index (κ3) is 3.02. The minimum atomic E-state index is -0.824. The molecule has 0 heterocycles. The van der Waals surface area contributed by atoms with E-state index in [1.807, 2.05) is 0 Å². The second kappa shape index (κ2) is 7.22. The number of benzene rings is 5. The van der Waals surface area contributed by atoms with Crippen LogP contribution in [-0.2, 0) is 0 Å². The van der Waals surface area contributed by atoms with Gasteiger partial charge in [0.2, 0.25) is 0 Å². The summed E-state index contributed by atoms with van der Waals surface area (Å²) >= 11 is 0. The largest absolute Gasteiger partial charge is 0.0629 e. The lowest BCUT2D eigenvalue weighted by molar-refractivity contribution is 0.867. The van der Waals surface area contributed by atoms with Gasteiger partial charge in [0.05, 0.1) is 23.3 Å². The van der Waals surface area contributed by atoms with Crippen LogP contribution in [0.2, 0.25) is 0 Å². The van der Waals surface area contributed by atoms with Gasteiger partial charge in [0, 0.05) is 0 Å². The highest BCUT2D eigenvalue weighted by molar-refractivity contribution is 6.21. The van der Waals surface area contributed by atoms with Crippen LogP contribution in [0.3, 0.4) is 0 Å². The molecule has 0 N–H and O–H groups in total. The van der Waals surface area contributed by atoms with Crippen molar-refractivity contribution in [2.24, 2.45) is 0 Å². The Kier molecular flexibility index (Phi) is 1.78. The van der Waals surface area contributed by atoms with Crippen LogP contribution in [-0.4, -0.2) is 0 Å². The maximum atomic E-state index is 9.03. The molecule has 5 rings (SSSR count). The molecule has 29 heavy (non-hydrogen) atoms. The number of fused-ring (bicyclic) bond motifs is 3. The van der Waals surface area contributed by atoms with Gasteiger partial charge in [-0.2, -0.15) is 0 Å². The molecule has 0 fully saturated rings. The molecule has 0 atom stereocenters. The molecule has 0 aromatic heterocycles. The summed E-state index contributed by atoms with van der Waals surface area (Å²) in [6.45, 7) is 3.31. The van der Waals surface area contributed by atoms with Gasteiger partial charge in [-0.25, -0.2) is 0 Å². The average molecular weight is 390 g/mol. The van der Waals surface area contributed by atoms with E-state index in [9.17, 15) is 0 Å². The standard InChI is InChI=1S/C29H24/c1-20(2)21-16-18-23(19-17-21)29-27-15-9-7-13-25(27)24-12-6-8-14-26(24)28(29)22-10-4-3-5-11-22/h3-20H,1-2H3/i3D,4D,5D,6D,7D,8D,9D,10D,11D,12D,13D,14D,15D,16D,17D,18D,19D. The fraction of sp³-hybridized carbons (Fsp3) is 0.103. The topological polar surface area (TPSA) is 0 Å². The van der Waals surface area contributed by atoms with Gasteiger partial charge in [-0.1, -0.05) is 117 Å². The molecule has 0 spiro atoms. The van der Waals surface area contributed by atoms with Gasteiger partial charge in [0.15, 0.2) is 0 Å². The van der Waals surface area contributed by atoms with Crippen molar-refractivity contribution < 1.29 is 23.3 Å². The predicted molar refractivity (Wildman–Crippen MR) is 126 cm³/mol. The summed E-state index contributed by atoms with van der Waals surface area (Å²) in [6.07, 6.45) is 0. The molecule has 0 nitrogen and oxygen atoms in total. The first kappa shape index (κ1) is 7.15. The summed E-state index contributed by atoms with van der Waals surface area (Å²) in [4.78, 5) is 0. The summed E-state index contributed by atoms with van der Waals surface area (Å²) in [5.74, 6) is -0.486. The van der Waals surface area contributed by atoms with Crippen molar-refractivity contribution in [3.63, 3.8) is 0 Å². The van der Waals surface area contributed by atoms with Crippen LogP contribution in [0.5, 0.6) is 0 Å². The predicted octanol–water partition coefficient (Wildman–Crippen LogP) is 8.45. The summed E-state index contributed by atoms with van der Waals surface area (Å²) in [5, 5.41) is -1.82. The Labute approximate surface area is 196 Å². The molecular weight excluding hydrogens is 348 g/mol. The first-order chi connectivity index (χ1) is 21.3. The van der Waals surface area contributed by atoms with Crippen LogP contribution in [0.4, 0.5) is 0 Å². The van der Waals surface area contributed by atoms with E-state index in [1.54, 1.807) is 13.8 Å². The molecule has 0 bridgehead atoms. The molecule has 0 amide bonds. The van der Waals surface area contributed by atoms with Crippen LogP contribution >= 0.6 is 0 Å². The Morgan fingerprint density at radius 2 is 0.897 bits per heavy atom. The van der Waals surface area contributed by atoms with Crippen LogP contribution in [0, 0.1) is 0 Å². The SMILES string of the molecule is [2H]c1c([2H])c([2H])c(-c2c(-c3c([2H])c([2H])c(C(C)C)c([2H])c3[2H])c3c([2H])c([2H])c([2H])c([2H])c3c3c([2H])c([2H])c([2H])c([2H])c23)c([2H])c1[2H]. The highest BCUT2D eigenvalue weighted by Gasteiger charge is 2.17. The molecule has 5 aromatic rings. The van der Waals surface area contributed by atoms with Gasteiger partial charge in [-0.05, 0) is 55.3 Å². The number of hydrogen-bond acceptors (Lipinski definition) is 0. The molecule has 0 aliphatic carbocycles. The molecule has 0 saturated heterocycles. The van der Waals surface area contributed by atoms with Gasteiger partial charge in [-0.15, -0.1) is 0 Å². The van der Waals surface area contributed by atoms with E-state index in [2.05, 4.69) is 0 Å². The first-order valence-electron chi connectivity index (χ1n) is 17.4. The second-order valence-corrected chi connectivity index (χ2v) is 6.69. The lowest BCUT2D eigenvalue weighted by Crippen LogP contribution is -1.92. The van der Waals surface area contributed by atoms with E-state index in [-0.39, 0.29) is 5.56 Å². The van der Waals surface area contributed by atoms with Crippen molar-refractivity contribution in [2.75, 3.05) is 0 Å². The van der Waals surface area contributed by atoms with E-state index in [0.29, 0.717) is 0 Å². The van der Waals surface area contributed by atoms with Gasteiger partial charge >= 0.3 is 0 Å². The molecule has 0 radical (unpaired) electrons. The lowest BCUT2D eigenvalue weighted by atomic mass is 9.84. The third-order valence-corrected chi connectivity index (χ3v) is 4.60. The van der Waals surface area contributed by atoms with Crippen molar-refractivity contribution >= 4 is 21.5 Å². The van der Waals surface area contributed by atoms with Crippen LogP contribution in [0.25, 0.3) is 43.8 Å². The van der Waals surface area contributed by atoms with Crippen LogP contribution in [0.15, 0.2) is 103 Å². The lowest BCUT2D eigenvalue weighted by Gasteiger charge is -2.19. The fourth-order valence-corrected chi connectivity index (χ4v) is 3.24. The molecule has 0 unspecified atom stereocenters. The third-order valence-electron chi connectivity index (χ3n) is 4.60. The Morgan fingerprint density at radius 3 is 1.38 bits per heavy atom. The van der Waals surface area contributed by atoms with E-state index in [0.717, 1.165) is 0 Å². The van der Waals surface area contributed by atoms with Crippen molar-refractivity contribution in [1.82, 2.24) is 0 Å². The van der Waals surface area contributed by atoms with Crippen molar-refractivity contribution in [3.05, 3.63) is 108 Å². The monoisotopic (exact) mass is 389 g/mol. The maximum Gasteiger partial charge on any atom is 0.0629 e. The maximum absolute atomic E-state index is 9.03. The van der Waals surface area contributed by atoms with Crippen LogP contribution in [0.1, 0.15) is 48.6 Å². The Hall–Kier alpha value is -3.38. The fourth-order valence-electron chi connectivity index (χ4n) is 3.24. The van der Waals surface area contributed by atoms with Gasteiger partial charge in [0.25, 0.3) is 0 Å². The molecule has 0 aliphatic rings. The normalized spacial score (nSPS) is 19.6. The Morgan fingerprint density at radius 1 is 0.483 bits per heavy atom. The molecule has 0 saturated carbocycles.